The summed E-state index contributed by atoms with van der Waals surface area (Å²) in [5.41, 5.74) is 20.0. The van der Waals surface area contributed by atoms with Gasteiger partial charge in [-0.15, -0.1) is 0 Å². The molecule has 0 spiro atoms. The largest absolute Gasteiger partial charge is 0.310 e. The van der Waals surface area contributed by atoms with Gasteiger partial charge in [-0.05, 0) is 180 Å². The standard InChI is InChI=1S/C52H60N2/c1-33(2)41-13-19-47(20-14-41)53(49-27-37(9)25-45(31-49)35(5)6)51-23-17-43(29-39(51)11)44-18-24-52(40(12)30-44)54(48-21-15-42(16-22-48)34(3)4)50-28-38(10)26-46(32-50)36(7)8/h13-36H,1-12H3. The number of rotatable bonds is 11. The molecule has 0 heterocycles. The Bertz CT molecular complexity index is 2060. The summed E-state index contributed by atoms with van der Waals surface area (Å²) in [7, 11) is 0. The lowest BCUT2D eigenvalue weighted by Gasteiger charge is -2.29. The van der Waals surface area contributed by atoms with Gasteiger partial charge in [0.1, 0.15) is 0 Å². The van der Waals surface area contributed by atoms with Crippen LogP contribution in [0.25, 0.3) is 11.1 Å². The maximum atomic E-state index is 2.44. The van der Waals surface area contributed by atoms with Crippen LogP contribution >= 0.6 is 0 Å². The molecule has 0 N–H and O–H groups in total. The van der Waals surface area contributed by atoms with E-state index in [9.17, 15) is 0 Å². The average molecular weight is 713 g/mol. The summed E-state index contributed by atoms with van der Waals surface area (Å²) in [5, 5.41) is 0. The minimum absolute atomic E-state index is 0.446. The molecule has 0 aliphatic rings. The van der Waals surface area contributed by atoms with Crippen LogP contribution < -0.4 is 9.80 Å². The topological polar surface area (TPSA) is 6.48 Å². The molecule has 2 heteroatoms. The Morgan fingerprint density at radius 1 is 0.315 bits per heavy atom. The Hall–Kier alpha value is -5.08. The molecule has 0 radical (unpaired) electrons. The van der Waals surface area contributed by atoms with Crippen molar-refractivity contribution in [2.75, 3.05) is 9.80 Å². The lowest BCUT2D eigenvalue weighted by atomic mass is 9.96. The first-order valence-corrected chi connectivity index (χ1v) is 19.9. The van der Waals surface area contributed by atoms with E-state index in [0.29, 0.717) is 23.7 Å². The molecular weight excluding hydrogens is 653 g/mol. The van der Waals surface area contributed by atoms with E-state index < -0.39 is 0 Å². The van der Waals surface area contributed by atoms with E-state index in [1.165, 1.54) is 89.8 Å². The van der Waals surface area contributed by atoms with Crippen molar-refractivity contribution in [2.45, 2.75) is 107 Å². The van der Waals surface area contributed by atoms with Gasteiger partial charge in [0.15, 0.2) is 0 Å². The number of aryl methyl sites for hydroxylation is 4. The smallest absolute Gasteiger partial charge is 0.0491 e. The Balaban J connectivity index is 1.42. The molecule has 0 unspecified atom stereocenters. The first kappa shape index (κ1) is 38.6. The van der Waals surface area contributed by atoms with Gasteiger partial charge in [0.25, 0.3) is 0 Å². The van der Waals surface area contributed by atoms with Crippen molar-refractivity contribution < 1.29 is 0 Å². The predicted octanol–water partition coefficient (Wildman–Crippen LogP) is 16.0. The third-order valence-electron chi connectivity index (χ3n) is 10.9. The first-order valence-electron chi connectivity index (χ1n) is 19.9. The second-order valence-corrected chi connectivity index (χ2v) is 16.7. The molecule has 0 fully saturated rings. The van der Waals surface area contributed by atoms with Gasteiger partial charge < -0.3 is 9.80 Å². The molecule has 0 aliphatic heterocycles. The fourth-order valence-corrected chi connectivity index (χ4v) is 7.55. The molecule has 54 heavy (non-hydrogen) atoms. The molecule has 0 saturated carbocycles. The van der Waals surface area contributed by atoms with Crippen molar-refractivity contribution in [3.05, 3.63) is 166 Å². The molecule has 0 saturated heterocycles. The highest BCUT2D eigenvalue weighted by molar-refractivity contribution is 5.84. The average Bonchev–Trinajstić information content (AvgIpc) is 3.13. The quantitative estimate of drug-likeness (QED) is 0.132. The van der Waals surface area contributed by atoms with E-state index in [0.717, 1.165) is 0 Å². The molecule has 278 valence electrons. The molecule has 0 atom stereocenters. The van der Waals surface area contributed by atoms with E-state index in [2.05, 4.69) is 214 Å². The highest BCUT2D eigenvalue weighted by Crippen LogP contribution is 2.42. The molecule has 6 rings (SSSR count). The van der Waals surface area contributed by atoms with Crippen LogP contribution in [0.1, 0.15) is 124 Å². The Morgan fingerprint density at radius 3 is 0.944 bits per heavy atom. The van der Waals surface area contributed by atoms with E-state index >= 15 is 0 Å². The minimum Gasteiger partial charge on any atom is -0.310 e. The van der Waals surface area contributed by atoms with Gasteiger partial charge in [0.2, 0.25) is 0 Å². The summed E-state index contributed by atoms with van der Waals surface area (Å²) in [6.07, 6.45) is 0. The summed E-state index contributed by atoms with van der Waals surface area (Å²) < 4.78 is 0. The van der Waals surface area contributed by atoms with Crippen molar-refractivity contribution >= 4 is 34.1 Å². The van der Waals surface area contributed by atoms with Crippen LogP contribution in [0.15, 0.2) is 121 Å². The molecule has 6 aromatic carbocycles. The second-order valence-electron chi connectivity index (χ2n) is 16.7. The van der Waals surface area contributed by atoms with Gasteiger partial charge in [-0.3, -0.25) is 0 Å². The van der Waals surface area contributed by atoms with Crippen LogP contribution in [-0.4, -0.2) is 0 Å². The van der Waals surface area contributed by atoms with E-state index in [-0.39, 0.29) is 0 Å². The van der Waals surface area contributed by atoms with Gasteiger partial charge in [-0.2, -0.15) is 0 Å². The number of nitrogens with zero attached hydrogens (tertiary/aromatic N) is 2. The lowest BCUT2D eigenvalue weighted by Crippen LogP contribution is -2.13. The van der Waals surface area contributed by atoms with Crippen molar-refractivity contribution in [3.8, 4) is 11.1 Å². The summed E-state index contributed by atoms with van der Waals surface area (Å²) >= 11 is 0. The maximum absolute atomic E-state index is 2.44. The van der Waals surface area contributed by atoms with Crippen molar-refractivity contribution in [2.24, 2.45) is 0 Å². The van der Waals surface area contributed by atoms with Crippen LogP contribution in [0.5, 0.6) is 0 Å². The van der Waals surface area contributed by atoms with E-state index in [1.807, 2.05) is 0 Å². The van der Waals surface area contributed by atoms with Gasteiger partial charge >= 0.3 is 0 Å². The molecule has 0 bridgehead atoms. The Labute approximate surface area is 326 Å². The van der Waals surface area contributed by atoms with Crippen LogP contribution in [0.4, 0.5) is 34.1 Å². The monoisotopic (exact) mass is 712 g/mol. The summed E-state index contributed by atoms with van der Waals surface area (Å²) in [5.74, 6) is 1.87. The van der Waals surface area contributed by atoms with Gasteiger partial charge in [0.05, 0.1) is 0 Å². The number of hydrogen-bond donors (Lipinski definition) is 0. The zero-order valence-electron chi connectivity index (χ0n) is 34.8. The summed E-state index contributed by atoms with van der Waals surface area (Å²) in [6.45, 7) is 27.1. The SMILES string of the molecule is Cc1cc(C(C)C)cc(N(c2ccc(C(C)C)cc2)c2ccc(-c3ccc(N(c4ccc(C(C)C)cc4)c4cc(C)cc(C(C)C)c4)c(C)c3)cc2C)c1. The van der Waals surface area contributed by atoms with Crippen LogP contribution in [-0.2, 0) is 0 Å². The summed E-state index contributed by atoms with van der Waals surface area (Å²) in [4.78, 5) is 4.87. The van der Waals surface area contributed by atoms with Crippen LogP contribution in [0, 0.1) is 27.7 Å². The zero-order chi connectivity index (χ0) is 38.8. The number of anilines is 6. The first-order chi connectivity index (χ1) is 25.7. The van der Waals surface area contributed by atoms with Gasteiger partial charge in [-0.1, -0.05) is 104 Å². The molecule has 0 amide bonds. The minimum atomic E-state index is 0.446. The normalized spacial score (nSPS) is 11.6. The molecule has 6 aromatic rings. The fourth-order valence-electron chi connectivity index (χ4n) is 7.55. The zero-order valence-corrected chi connectivity index (χ0v) is 34.8. The van der Waals surface area contributed by atoms with Crippen LogP contribution in [0.2, 0.25) is 0 Å². The van der Waals surface area contributed by atoms with Crippen molar-refractivity contribution in [1.29, 1.82) is 0 Å². The Morgan fingerprint density at radius 2 is 0.648 bits per heavy atom. The molecule has 2 nitrogen and oxygen atoms in total. The Kier molecular flexibility index (Phi) is 11.5. The highest BCUT2D eigenvalue weighted by atomic mass is 15.1. The van der Waals surface area contributed by atoms with Crippen molar-refractivity contribution in [3.63, 3.8) is 0 Å². The lowest BCUT2D eigenvalue weighted by molar-refractivity contribution is 0.864. The highest BCUT2D eigenvalue weighted by Gasteiger charge is 2.20. The molecular formula is C52H60N2. The van der Waals surface area contributed by atoms with E-state index in [1.54, 1.807) is 0 Å². The summed E-state index contributed by atoms with van der Waals surface area (Å²) in [6, 6.07) is 46.2. The van der Waals surface area contributed by atoms with Gasteiger partial charge in [-0.25, -0.2) is 0 Å². The number of hydrogen-bond acceptors (Lipinski definition) is 2. The molecule has 0 aliphatic carbocycles. The fraction of sp³-hybridized carbons (Fsp3) is 0.308. The van der Waals surface area contributed by atoms with Crippen molar-refractivity contribution in [1.82, 2.24) is 0 Å². The second kappa shape index (κ2) is 16.1. The van der Waals surface area contributed by atoms with Crippen LogP contribution in [0.3, 0.4) is 0 Å². The number of benzene rings is 6. The third-order valence-corrected chi connectivity index (χ3v) is 10.9. The van der Waals surface area contributed by atoms with Gasteiger partial charge in [0, 0.05) is 34.1 Å². The van der Waals surface area contributed by atoms with E-state index in [4.69, 9.17) is 0 Å². The maximum Gasteiger partial charge on any atom is 0.0491 e. The molecule has 0 aromatic heterocycles. The third kappa shape index (κ3) is 8.34. The predicted molar refractivity (Wildman–Crippen MR) is 237 cm³/mol.